The number of halogens is 3. The van der Waals surface area contributed by atoms with Crippen molar-refractivity contribution >= 4 is 12.4 Å². The Morgan fingerprint density at radius 1 is 1.20 bits per heavy atom. The normalized spacial score (nSPS) is 11.0. The average Bonchev–Trinajstić information content (AvgIpc) is 3.15. The van der Waals surface area contributed by atoms with Gasteiger partial charge in [0.05, 0.1) is 12.1 Å². The average molecular weight is 370 g/mol. The minimum Gasteiger partial charge on any atom is -0.339 e. The van der Waals surface area contributed by atoms with Gasteiger partial charge in [-0.2, -0.15) is 18.9 Å². The summed E-state index contributed by atoms with van der Waals surface area (Å²) in [7, 11) is 0. The molecule has 3 rings (SSSR count). The van der Waals surface area contributed by atoms with E-state index in [1.54, 1.807) is 13.8 Å². The lowest BCUT2D eigenvalue weighted by atomic mass is 10.1. The highest BCUT2D eigenvalue weighted by Crippen LogP contribution is 2.23. The van der Waals surface area contributed by atoms with Gasteiger partial charge in [0, 0.05) is 23.4 Å². The van der Waals surface area contributed by atoms with Gasteiger partial charge in [0.2, 0.25) is 11.7 Å². The smallest absolute Gasteiger partial charge is 0.333 e. The summed E-state index contributed by atoms with van der Waals surface area (Å²) in [6.07, 6.45) is 0.262. The third kappa shape index (κ3) is 3.85. The minimum atomic E-state index is -2.67. The first-order valence-corrected chi connectivity index (χ1v) is 7.44. The Kier molecular flexibility index (Phi) is 5.86. The highest BCUT2D eigenvalue weighted by molar-refractivity contribution is 5.85. The molecular formula is C16H18ClF2N5O. The van der Waals surface area contributed by atoms with Gasteiger partial charge in [0.1, 0.15) is 0 Å². The van der Waals surface area contributed by atoms with Crippen LogP contribution in [0, 0.1) is 13.8 Å². The first-order chi connectivity index (χ1) is 11.5. The molecule has 9 heteroatoms. The number of aromatic nitrogens is 4. The molecule has 0 saturated carbocycles. The summed E-state index contributed by atoms with van der Waals surface area (Å²) < 4.78 is 31.7. The zero-order valence-electron chi connectivity index (χ0n) is 13.7. The van der Waals surface area contributed by atoms with Crippen LogP contribution in [0.3, 0.4) is 0 Å². The van der Waals surface area contributed by atoms with Crippen LogP contribution >= 0.6 is 12.4 Å². The van der Waals surface area contributed by atoms with E-state index < -0.39 is 6.55 Å². The van der Waals surface area contributed by atoms with Crippen LogP contribution in [0.4, 0.5) is 8.78 Å². The molecule has 0 radical (unpaired) electrons. The van der Waals surface area contributed by atoms with Gasteiger partial charge in [-0.25, -0.2) is 4.68 Å². The van der Waals surface area contributed by atoms with Crippen LogP contribution in [0.25, 0.3) is 11.4 Å². The lowest BCUT2D eigenvalue weighted by Gasteiger charge is -2.02. The van der Waals surface area contributed by atoms with Crippen LogP contribution in [0.2, 0.25) is 0 Å². The third-order valence-electron chi connectivity index (χ3n) is 3.90. The Balaban J connectivity index is 0.00000225. The number of hydrogen-bond donors (Lipinski definition) is 1. The van der Waals surface area contributed by atoms with Crippen molar-refractivity contribution in [1.29, 1.82) is 0 Å². The first-order valence-electron chi connectivity index (χ1n) is 7.44. The molecule has 2 heterocycles. The maximum absolute atomic E-state index is 12.9. The monoisotopic (exact) mass is 369 g/mol. The van der Waals surface area contributed by atoms with Crippen molar-refractivity contribution in [3.63, 3.8) is 0 Å². The summed E-state index contributed by atoms with van der Waals surface area (Å²) in [5.41, 5.74) is 8.98. The van der Waals surface area contributed by atoms with E-state index in [-0.39, 0.29) is 18.8 Å². The second-order valence-corrected chi connectivity index (χ2v) is 5.46. The van der Waals surface area contributed by atoms with E-state index in [0.717, 1.165) is 11.1 Å². The van der Waals surface area contributed by atoms with Crippen molar-refractivity contribution in [2.45, 2.75) is 33.4 Å². The van der Waals surface area contributed by atoms with Crippen molar-refractivity contribution in [2.75, 3.05) is 0 Å². The van der Waals surface area contributed by atoms with Crippen molar-refractivity contribution in [2.24, 2.45) is 5.73 Å². The molecule has 0 saturated heterocycles. The number of rotatable bonds is 5. The quantitative estimate of drug-likeness (QED) is 0.745. The van der Waals surface area contributed by atoms with Gasteiger partial charge in [-0.1, -0.05) is 29.4 Å². The lowest BCUT2D eigenvalue weighted by molar-refractivity contribution is 0.0540. The third-order valence-corrected chi connectivity index (χ3v) is 3.90. The second-order valence-electron chi connectivity index (χ2n) is 5.46. The van der Waals surface area contributed by atoms with E-state index in [2.05, 4.69) is 15.2 Å². The van der Waals surface area contributed by atoms with Crippen LogP contribution in [0.5, 0.6) is 0 Å². The fourth-order valence-corrected chi connectivity index (χ4v) is 2.53. The lowest BCUT2D eigenvalue weighted by Crippen LogP contribution is -2.03. The fourth-order valence-electron chi connectivity index (χ4n) is 2.53. The molecule has 0 bridgehead atoms. The number of benzene rings is 1. The van der Waals surface area contributed by atoms with E-state index in [9.17, 15) is 8.78 Å². The van der Waals surface area contributed by atoms with Gasteiger partial charge in [-0.05, 0) is 19.4 Å². The summed E-state index contributed by atoms with van der Waals surface area (Å²) in [6.45, 7) is 1.08. The zero-order chi connectivity index (χ0) is 17.3. The molecule has 0 aliphatic heterocycles. The molecule has 1 aromatic carbocycles. The Bertz CT molecular complexity index is 845. The highest BCUT2D eigenvalue weighted by Gasteiger charge is 2.19. The molecule has 6 nitrogen and oxygen atoms in total. The maximum Gasteiger partial charge on any atom is 0.333 e. The van der Waals surface area contributed by atoms with E-state index in [0.29, 0.717) is 39.9 Å². The summed E-state index contributed by atoms with van der Waals surface area (Å²) in [4.78, 5) is 4.33. The SMILES string of the molecule is Cc1nn(C(F)F)c(C)c1Cc1nc(-c2ccc(CN)cc2)no1.Cl. The molecule has 0 amide bonds. The summed E-state index contributed by atoms with van der Waals surface area (Å²) in [5.74, 6) is 0.804. The highest BCUT2D eigenvalue weighted by atomic mass is 35.5. The predicted molar refractivity (Wildman–Crippen MR) is 90.6 cm³/mol. The number of nitrogens with zero attached hydrogens (tertiary/aromatic N) is 4. The second kappa shape index (κ2) is 7.71. The first kappa shape index (κ1) is 19.0. The molecular weight excluding hydrogens is 352 g/mol. The molecule has 2 aromatic heterocycles. The van der Waals surface area contributed by atoms with Crippen molar-refractivity contribution < 1.29 is 13.3 Å². The Morgan fingerprint density at radius 3 is 2.44 bits per heavy atom. The number of nitrogens with two attached hydrogens (primary N) is 1. The van der Waals surface area contributed by atoms with Gasteiger partial charge >= 0.3 is 6.55 Å². The fraction of sp³-hybridized carbons (Fsp3) is 0.312. The van der Waals surface area contributed by atoms with Crippen LogP contribution < -0.4 is 5.73 Å². The van der Waals surface area contributed by atoms with Crippen molar-refractivity contribution in [3.05, 3.63) is 52.7 Å². The van der Waals surface area contributed by atoms with Crippen molar-refractivity contribution in [3.8, 4) is 11.4 Å². The van der Waals surface area contributed by atoms with Gasteiger partial charge in [-0.15, -0.1) is 12.4 Å². The van der Waals surface area contributed by atoms with Gasteiger partial charge in [0.15, 0.2) is 0 Å². The molecule has 134 valence electrons. The summed E-state index contributed by atoms with van der Waals surface area (Å²) in [6, 6.07) is 7.52. The van der Waals surface area contributed by atoms with Crippen LogP contribution in [-0.4, -0.2) is 19.9 Å². The molecule has 3 aromatic rings. The molecule has 0 fully saturated rings. The Morgan fingerprint density at radius 2 is 1.88 bits per heavy atom. The standard InChI is InChI=1S/C16H17F2N5O.ClH/c1-9-13(10(2)23(21-9)16(17)18)7-14-20-15(22-24-14)12-5-3-11(8-19)4-6-12;/h3-6,16H,7-8,19H2,1-2H3;1H. The summed E-state index contributed by atoms with van der Waals surface area (Å²) in [5, 5.41) is 7.80. The molecule has 2 N–H and O–H groups in total. The molecule has 0 aliphatic carbocycles. The van der Waals surface area contributed by atoms with Crippen LogP contribution in [0.1, 0.15) is 35.0 Å². The van der Waals surface area contributed by atoms with Crippen molar-refractivity contribution in [1.82, 2.24) is 19.9 Å². The van der Waals surface area contributed by atoms with E-state index >= 15 is 0 Å². The van der Waals surface area contributed by atoms with Crippen LogP contribution in [-0.2, 0) is 13.0 Å². The van der Waals surface area contributed by atoms with Gasteiger partial charge in [-0.3, -0.25) is 0 Å². The minimum absolute atomic E-state index is 0. The largest absolute Gasteiger partial charge is 0.339 e. The molecule has 0 spiro atoms. The van der Waals surface area contributed by atoms with Crippen LogP contribution in [0.15, 0.2) is 28.8 Å². The van der Waals surface area contributed by atoms with E-state index in [1.807, 2.05) is 24.3 Å². The molecule has 0 unspecified atom stereocenters. The van der Waals surface area contributed by atoms with Gasteiger partial charge < -0.3 is 10.3 Å². The Labute approximate surface area is 149 Å². The Hall–Kier alpha value is -2.32. The van der Waals surface area contributed by atoms with E-state index in [1.165, 1.54) is 0 Å². The number of alkyl halides is 2. The topological polar surface area (TPSA) is 82.8 Å². The molecule has 0 aliphatic rings. The molecule has 25 heavy (non-hydrogen) atoms. The number of hydrogen-bond acceptors (Lipinski definition) is 5. The maximum atomic E-state index is 12.9. The predicted octanol–water partition coefficient (Wildman–Crippen LogP) is 3.42. The number of aryl methyl sites for hydroxylation is 1. The summed E-state index contributed by atoms with van der Waals surface area (Å²) >= 11 is 0. The van der Waals surface area contributed by atoms with E-state index in [4.69, 9.17) is 10.3 Å². The zero-order valence-corrected chi connectivity index (χ0v) is 14.6. The van der Waals surface area contributed by atoms with Gasteiger partial charge in [0.25, 0.3) is 0 Å². The molecule has 0 atom stereocenters.